The summed E-state index contributed by atoms with van der Waals surface area (Å²) in [6, 6.07) is 0. The number of carbonyl (C=O) groups is 2. The highest BCUT2D eigenvalue weighted by molar-refractivity contribution is 5.78. The molecule has 0 aliphatic heterocycles. The van der Waals surface area contributed by atoms with Crippen LogP contribution in [0.4, 0.5) is 0 Å². The molecule has 0 atom stereocenters. The summed E-state index contributed by atoms with van der Waals surface area (Å²) >= 11 is 0. The van der Waals surface area contributed by atoms with E-state index >= 15 is 0 Å². The van der Waals surface area contributed by atoms with Gasteiger partial charge in [-0.1, -0.05) is 70.4 Å². The van der Waals surface area contributed by atoms with Crippen molar-refractivity contribution in [3.05, 3.63) is 12.2 Å². The third kappa shape index (κ3) is 21.7. The number of hydrogen-bond donors (Lipinski definition) is 0. The highest BCUT2D eigenvalue weighted by Gasteiger charge is 2.16. The molecule has 176 valence electrons. The third-order valence-corrected chi connectivity index (χ3v) is 5.84. The van der Waals surface area contributed by atoms with Crippen molar-refractivity contribution in [1.82, 2.24) is 0 Å². The Morgan fingerprint density at radius 2 is 1.13 bits per heavy atom. The van der Waals surface area contributed by atoms with E-state index in [0.29, 0.717) is 18.7 Å². The van der Waals surface area contributed by atoms with Crippen molar-refractivity contribution in [2.75, 3.05) is 27.2 Å². The number of quaternary nitrogens is 1. The number of ketones is 2. The van der Waals surface area contributed by atoms with E-state index in [0.717, 1.165) is 36.7 Å². The fourth-order valence-corrected chi connectivity index (χ4v) is 4.06. The van der Waals surface area contributed by atoms with E-state index < -0.39 is 0 Å². The van der Waals surface area contributed by atoms with Crippen LogP contribution < -0.4 is 0 Å². The summed E-state index contributed by atoms with van der Waals surface area (Å²) in [5.74, 6) is 0.657. The van der Waals surface area contributed by atoms with Crippen molar-refractivity contribution < 1.29 is 14.1 Å². The van der Waals surface area contributed by atoms with Crippen molar-refractivity contribution in [3.63, 3.8) is 0 Å². The predicted molar refractivity (Wildman–Crippen MR) is 131 cm³/mol. The average molecular weight is 423 g/mol. The zero-order valence-corrected chi connectivity index (χ0v) is 20.9. The van der Waals surface area contributed by atoms with E-state index in [2.05, 4.69) is 33.2 Å². The molecule has 0 spiro atoms. The minimum atomic E-state index is 0.236. The number of nitrogens with zero attached hydrogens (tertiary/aromatic N) is 1. The molecule has 30 heavy (non-hydrogen) atoms. The van der Waals surface area contributed by atoms with Gasteiger partial charge in [-0.25, -0.2) is 0 Å². The van der Waals surface area contributed by atoms with E-state index in [1.54, 1.807) is 6.92 Å². The van der Waals surface area contributed by atoms with E-state index in [1.807, 2.05) is 0 Å². The Labute approximate surface area is 188 Å². The Balaban J connectivity index is 3.39. The van der Waals surface area contributed by atoms with Crippen molar-refractivity contribution >= 4 is 11.6 Å². The number of carbonyl (C=O) groups excluding carboxylic acids is 2. The Morgan fingerprint density at radius 3 is 1.67 bits per heavy atom. The second-order valence-corrected chi connectivity index (χ2v) is 9.85. The third-order valence-electron chi connectivity index (χ3n) is 5.84. The van der Waals surface area contributed by atoms with Crippen LogP contribution in [0.2, 0.25) is 0 Å². The molecular formula is C27H52NO2+. The zero-order chi connectivity index (χ0) is 22.5. The maximum Gasteiger partial charge on any atom is 0.183 e. The first-order valence-electron chi connectivity index (χ1n) is 12.9. The minimum absolute atomic E-state index is 0.236. The van der Waals surface area contributed by atoms with Crippen LogP contribution in [0, 0.1) is 0 Å². The monoisotopic (exact) mass is 422 g/mol. The highest BCUT2D eigenvalue weighted by Crippen LogP contribution is 2.11. The Morgan fingerprint density at radius 1 is 0.667 bits per heavy atom. The normalized spacial score (nSPS) is 12.0. The second kappa shape index (κ2) is 20.0. The van der Waals surface area contributed by atoms with Gasteiger partial charge in [-0.2, -0.15) is 0 Å². The molecule has 3 nitrogen and oxygen atoms in total. The topological polar surface area (TPSA) is 34.1 Å². The van der Waals surface area contributed by atoms with Crippen LogP contribution in [0.5, 0.6) is 0 Å². The summed E-state index contributed by atoms with van der Waals surface area (Å²) in [5, 5.41) is 0. The molecule has 0 rings (SSSR count). The van der Waals surface area contributed by atoms with Crippen LogP contribution in [-0.2, 0) is 9.59 Å². The van der Waals surface area contributed by atoms with Gasteiger partial charge in [0.25, 0.3) is 0 Å². The Bertz CT molecular complexity index is 454. The first-order valence-corrected chi connectivity index (χ1v) is 12.9. The highest BCUT2D eigenvalue weighted by atomic mass is 16.1. The van der Waals surface area contributed by atoms with Gasteiger partial charge in [0.15, 0.2) is 5.78 Å². The van der Waals surface area contributed by atoms with Gasteiger partial charge in [0, 0.05) is 19.8 Å². The maximum absolute atomic E-state index is 12.0. The lowest BCUT2D eigenvalue weighted by Gasteiger charge is -2.28. The molecule has 0 aliphatic rings. The van der Waals surface area contributed by atoms with Crippen LogP contribution in [0.15, 0.2) is 12.2 Å². The van der Waals surface area contributed by atoms with Gasteiger partial charge in [0.1, 0.15) is 12.3 Å². The SMILES string of the molecule is CCCCCCCC/C=C/CCCCCCCC(=O)CCCC[N+](C)(C)CC(C)=O. The molecule has 0 aliphatic carbocycles. The van der Waals surface area contributed by atoms with Gasteiger partial charge in [-0.15, -0.1) is 0 Å². The molecule has 0 fully saturated rings. The summed E-state index contributed by atoms with van der Waals surface area (Å²) in [6.07, 6.45) is 25.0. The zero-order valence-electron chi connectivity index (χ0n) is 20.9. The second-order valence-electron chi connectivity index (χ2n) is 9.85. The minimum Gasteiger partial charge on any atom is -0.322 e. The van der Waals surface area contributed by atoms with Crippen molar-refractivity contribution in [1.29, 1.82) is 0 Å². The molecule has 0 aromatic heterocycles. The number of rotatable bonds is 22. The van der Waals surface area contributed by atoms with E-state index in [9.17, 15) is 9.59 Å². The standard InChI is InChI=1S/C27H52NO2/c1-5-6-7-8-9-10-11-12-13-14-15-16-17-18-19-22-27(30)23-20-21-24-28(3,4)25-26(2)29/h12-13H,5-11,14-25H2,1-4H3/q+1/b13-12+. The molecule has 0 radical (unpaired) electrons. The molecule has 0 heterocycles. The quantitative estimate of drug-likeness (QED) is 0.103. The summed E-state index contributed by atoms with van der Waals surface area (Å²) in [6.45, 7) is 5.48. The van der Waals surface area contributed by atoms with Crippen molar-refractivity contribution in [2.45, 2.75) is 123 Å². The fraction of sp³-hybridized carbons (Fsp3) is 0.852. The van der Waals surface area contributed by atoms with Crippen LogP contribution >= 0.6 is 0 Å². The van der Waals surface area contributed by atoms with Crippen LogP contribution in [0.25, 0.3) is 0 Å². The summed E-state index contributed by atoms with van der Waals surface area (Å²) in [7, 11) is 4.18. The molecular weight excluding hydrogens is 370 g/mol. The summed E-state index contributed by atoms with van der Waals surface area (Å²) < 4.78 is 0.734. The Hall–Kier alpha value is -0.960. The lowest BCUT2D eigenvalue weighted by Crippen LogP contribution is -2.43. The van der Waals surface area contributed by atoms with Gasteiger partial charge in [0.05, 0.1) is 20.6 Å². The Kier molecular flexibility index (Phi) is 19.3. The first-order chi connectivity index (χ1) is 14.4. The van der Waals surface area contributed by atoms with Gasteiger partial charge in [-0.3, -0.25) is 9.59 Å². The lowest BCUT2D eigenvalue weighted by molar-refractivity contribution is -0.882. The number of unbranched alkanes of at least 4 members (excludes halogenated alkanes) is 12. The van der Waals surface area contributed by atoms with Gasteiger partial charge >= 0.3 is 0 Å². The number of allylic oxidation sites excluding steroid dienone is 2. The van der Waals surface area contributed by atoms with E-state index in [4.69, 9.17) is 0 Å². The van der Waals surface area contributed by atoms with Crippen LogP contribution in [0.1, 0.15) is 123 Å². The average Bonchev–Trinajstić information content (AvgIpc) is 2.67. The molecule has 3 heteroatoms. The molecule has 0 saturated heterocycles. The fourth-order valence-electron chi connectivity index (χ4n) is 4.06. The van der Waals surface area contributed by atoms with E-state index in [-0.39, 0.29) is 5.78 Å². The predicted octanol–water partition coefficient (Wildman–Crippen LogP) is 7.43. The molecule has 0 unspecified atom stereocenters. The smallest absolute Gasteiger partial charge is 0.183 e. The van der Waals surface area contributed by atoms with Crippen molar-refractivity contribution in [3.8, 4) is 0 Å². The number of likely N-dealkylation sites (N-methyl/N-ethyl adjacent to an activating group) is 1. The largest absolute Gasteiger partial charge is 0.322 e. The molecule has 0 amide bonds. The van der Waals surface area contributed by atoms with Gasteiger partial charge in [-0.05, 0) is 44.9 Å². The maximum atomic E-state index is 12.0. The molecule has 0 saturated carbocycles. The van der Waals surface area contributed by atoms with Crippen molar-refractivity contribution in [2.24, 2.45) is 0 Å². The van der Waals surface area contributed by atoms with Crippen LogP contribution in [-0.4, -0.2) is 43.2 Å². The lowest BCUT2D eigenvalue weighted by atomic mass is 10.0. The molecule has 0 bridgehead atoms. The summed E-state index contributed by atoms with van der Waals surface area (Å²) in [5.41, 5.74) is 0. The number of hydrogen-bond acceptors (Lipinski definition) is 2. The van der Waals surface area contributed by atoms with Gasteiger partial charge in [0.2, 0.25) is 0 Å². The van der Waals surface area contributed by atoms with Crippen LogP contribution in [0.3, 0.4) is 0 Å². The molecule has 0 aromatic carbocycles. The first kappa shape index (κ1) is 29.0. The molecule has 0 aromatic rings. The summed E-state index contributed by atoms with van der Waals surface area (Å²) in [4.78, 5) is 23.3. The number of Topliss-reactive ketones (excluding diaryl/α,β-unsaturated/α-hetero) is 2. The van der Waals surface area contributed by atoms with Gasteiger partial charge < -0.3 is 4.48 Å². The van der Waals surface area contributed by atoms with E-state index in [1.165, 1.54) is 77.0 Å². The molecule has 0 N–H and O–H groups in total.